The Balaban J connectivity index is -0.0000000417. The minimum atomic E-state index is -1.07. The van der Waals surface area contributed by atoms with E-state index in [9.17, 15) is 9.90 Å². The smallest absolute Gasteiger partial charge is 0.870 e. The Morgan fingerprint density at radius 3 is 1.89 bits per heavy atom. The summed E-state index contributed by atoms with van der Waals surface area (Å²) in [6.45, 7) is -0.0694. The summed E-state index contributed by atoms with van der Waals surface area (Å²) in [5.41, 5.74) is 0. The zero-order valence-corrected chi connectivity index (χ0v) is 9.97. The number of carbonyl (C=O) groups excluding carboxylic acids is 1. The first-order valence-corrected chi connectivity index (χ1v) is 1.62. The van der Waals surface area contributed by atoms with Gasteiger partial charge in [-0.2, -0.15) is 0 Å². The van der Waals surface area contributed by atoms with Crippen molar-refractivity contribution < 1.29 is 74.5 Å². The zero-order valence-electron chi connectivity index (χ0n) is 5.97. The van der Waals surface area contributed by atoms with Crippen molar-refractivity contribution >= 4 is 5.97 Å². The van der Waals surface area contributed by atoms with Crippen LogP contribution >= 0.6 is 0 Å². The maximum Gasteiger partial charge on any atom is 1.00 e. The molecule has 0 aliphatic carbocycles. The second kappa shape index (κ2) is 16.2. The van der Waals surface area contributed by atoms with Gasteiger partial charge in [0.15, 0.2) is 0 Å². The number of hydrogen-bond donors (Lipinski definition) is 1. The van der Waals surface area contributed by atoms with E-state index in [-0.39, 0.29) is 71.1 Å². The van der Waals surface area contributed by atoms with Crippen molar-refractivity contribution in [2.24, 2.45) is 0 Å². The Bertz CT molecular complexity index is 61.0. The molecule has 0 aromatic rings. The molecule has 0 atom stereocenters. The number of likely N-dealkylation sites (N-methyl/N-ethyl adjacent to an activating group) is 1. The third kappa shape index (κ3) is 26.6. The summed E-state index contributed by atoms with van der Waals surface area (Å²) < 4.78 is 0. The fourth-order valence-corrected chi connectivity index (χ4v) is 0.144. The number of nitrogens with one attached hydrogen (secondary N) is 1. The average Bonchev–Trinajstić information content (AvgIpc) is 1.35. The zero-order chi connectivity index (χ0) is 4.99. The van der Waals surface area contributed by atoms with Crippen molar-refractivity contribution in [3.05, 3.63) is 0 Å². The Hall–Kier alpha value is 1.39. The Labute approximate surface area is 98.3 Å². The molecule has 0 spiro atoms. The summed E-state index contributed by atoms with van der Waals surface area (Å²) in [6, 6.07) is 0. The quantitative estimate of drug-likeness (QED) is 0.397. The van der Waals surface area contributed by atoms with E-state index in [2.05, 4.69) is 5.32 Å². The molecule has 0 amide bonds. The van der Waals surface area contributed by atoms with E-state index >= 15 is 0 Å². The molecule has 44 valence electrons. The van der Waals surface area contributed by atoms with Gasteiger partial charge in [0.1, 0.15) is 0 Å². The number of hydrogen-bond acceptors (Lipinski definition) is 4. The Morgan fingerprint density at radius 1 is 1.56 bits per heavy atom. The van der Waals surface area contributed by atoms with Gasteiger partial charge in [0.25, 0.3) is 0 Å². The van der Waals surface area contributed by atoms with Gasteiger partial charge >= 0.3 is 59.1 Å². The molecule has 0 radical (unpaired) electrons. The summed E-state index contributed by atoms with van der Waals surface area (Å²) in [5.74, 6) is -1.07. The molecule has 0 rings (SSSR count). The normalized spacial score (nSPS) is 5.44. The van der Waals surface area contributed by atoms with E-state index < -0.39 is 5.97 Å². The molecule has 6 heteroatoms. The van der Waals surface area contributed by atoms with E-state index in [1.165, 1.54) is 0 Å². The van der Waals surface area contributed by atoms with Crippen molar-refractivity contribution in [1.29, 1.82) is 0 Å². The summed E-state index contributed by atoms with van der Waals surface area (Å²) in [4.78, 5) is 9.43. The summed E-state index contributed by atoms with van der Waals surface area (Å²) >= 11 is 0. The monoisotopic (exact) mass is 151 g/mol. The van der Waals surface area contributed by atoms with Gasteiger partial charge in [-0.3, -0.25) is 0 Å². The first-order valence-electron chi connectivity index (χ1n) is 1.62. The first-order chi connectivity index (χ1) is 2.77. The molecular weight excluding hydrogens is 144 g/mol. The molecule has 0 aliphatic heterocycles. The van der Waals surface area contributed by atoms with Gasteiger partial charge in [0.05, 0.1) is 5.97 Å². The van der Waals surface area contributed by atoms with Crippen molar-refractivity contribution in [3.63, 3.8) is 0 Å². The molecule has 2 N–H and O–H groups in total. The second-order valence-corrected chi connectivity index (χ2v) is 0.902. The van der Waals surface area contributed by atoms with Crippen LogP contribution in [-0.2, 0) is 4.79 Å². The van der Waals surface area contributed by atoms with Crippen LogP contribution in [0.2, 0.25) is 0 Å². The minimum absolute atomic E-state index is 0. The molecule has 0 heterocycles. The third-order valence-electron chi connectivity index (χ3n) is 0.321. The summed E-state index contributed by atoms with van der Waals surface area (Å²) in [6.07, 6.45) is 0. The SMILES string of the molecule is CNCC(=O)[O-].[Na+].[Na+].[OH-]. The van der Waals surface area contributed by atoms with Gasteiger partial charge in [0, 0.05) is 6.54 Å². The molecule has 0 aromatic carbocycles. The predicted octanol–water partition coefficient (Wildman–Crippen LogP) is -8.21. The number of carboxylic acid groups (broad SMARTS) is 1. The van der Waals surface area contributed by atoms with Crippen LogP contribution in [0.15, 0.2) is 0 Å². The van der Waals surface area contributed by atoms with Crippen molar-refractivity contribution in [2.45, 2.75) is 0 Å². The maximum absolute atomic E-state index is 9.43. The number of carboxylic acids is 1. The van der Waals surface area contributed by atoms with Crippen molar-refractivity contribution in [3.8, 4) is 0 Å². The predicted molar refractivity (Wildman–Crippen MR) is 20.9 cm³/mol. The molecule has 4 nitrogen and oxygen atoms in total. The average molecular weight is 151 g/mol. The van der Waals surface area contributed by atoms with Crippen LogP contribution in [0.4, 0.5) is 0 Å². The summed E-state index contributed by atoms with van der Waals surface area (Å²) in [7, 11) is 1.55. The van der Waals surface area contributed by atoms with E-state index in [0.717, 1.165) is 0 Å². The molecule has 0 aromatic heterocycles. The van der Waals surface area contributed by atoms with E-state index in [1.807, 2.05) is 0 Å². The maximum atomic E-state index is 9.43. The Kier molecular flexibility index (Phi) is 40.4. The van der Waals surface area contributed by atoms with Crippen LogP contribution in [0.5, 0.6) is 0 Å². The summed E-state index contributed by atoms with van der Waals surface area (Å²) in [5, 5.41) is 11.8. The van der Waals surface area contributed by atoms with Crippen molar-refractivity contribution in [2.75, 3.05) is 13.6 Å². The number of aliphatic carboxylic acids is 1. The minimum Gasteiger partial charge on any atom is -0.870 e. The van der Waals surface area contributed by atoms with Gasteiger partial charge < -0.3 is 20.7 Å². The fraction of sp³-hybridized carbons (Fsp3) is 0.667. The van der Waals surface area contributed by atoms with Crippen LogP contribution in [-0.4, -0.2) is 25.0 Å². The van der Waals surface area contributed by atoms with Gasteiger partial charge in [-0.15, -0.1) is 0 Å². The molecular formula is C3H7NNa2O3. The largest absolute Gasteiger partial charge is 1.00 e. The standard InChI is InChI=1S/C3H7NO2.2Na.H2O/c1-4-2-3(5)6;;;/h4H,2H2,1H3,(H,5,6);;;1H2/q;2*+1;/p-2. The van der Waals surface area contributed by atoms with Gasteiger partial charge in [-0.25, -0.2) is 0 Å². The van der Waals surface area contributed by atoms with Crippen LogP contribution < -0.4 is 69.5 Å². The third-order valence-corrected chi connectivity index (χ3v) is 0.321. The molecule has 9 heavy (non-hydrogen) atoms. The fourth-order valence-electron chi connectivity index (χ4n) is 0.144. The van der Waals surface area contributed by atoms with Gasteiger partial charge in [0.2, 0.25) is 0 Å². The molecule has 0 saturated heterocycles. The molecule has 0 bridgehead atoms. The van der Waals surface area contributed by atoms with E-state index in [4.69, 9.17) is 0 Å². The van der Waals surface area contributed by atoms with Crippen LogP contribution in [0, 0.1) is 0 Å². The molecule has 0 unspecified atom stereocenters. The second-order valence-electron chi connectivity index (χ2n) is 0.902. The molecule has 0 aliphatic rings. The van der Waals surface area contributed by atoms with E-state index in [1.54, 1.807) is 7.05 Å². The van der Waals surface area contributed by atoms with Crippen molar-refractivity contribution in [1.82, 2.24) is 5.32 Å². The molecule has 0 fully saturated rings. The van der Waals surface area contributed by atoms with Crippen LogP contribution in [0.1, 0.15) is 0 Å². The van der Waals surface area contributed by atoms with E-state index in [0.29, 0.717) is 0 Å². The van der Waals surface area contributed by atoms with Crippen LogP contribution in [0.3, 0.4) is 0 Å². The molecule has 0 saturated carbocycles. The van der Waals surface area contributed by atoms with Gasteiger partial charge in [-0.05, 0) is 7.05 Å². The first kappa shape index (κ1) is 22.4. The number of rotatable bonds is 2. The van der Waals surface area contributed by atoms with Gasteiger partial charge in [-0.1, -0.05) is 0 Å². The number of carbonyl (C=O) groups is 1. The Morgan fingerprint density at radius 2 is 1.89 bits per heavy atom. The topological polar surface area (TPSA) is 82.2 Å². The van der Waals surface area contributed by atoms with Crippen LogP contribution in [0.25, 0.3) is 0 Å².